The van der Waals surface area contributed by atoms with E-state index in [1.165, 1.54) is 31.4 Å². The molecule has 1 N–H and O–H groups in total. The Morgan fingerprint density at radius 1 is 0.933 bits per heavy atom. The molecule has 30 heavy (non-hydrogen) atoms. The molecule has 1 aromatic carbocycles. The van der Waals surface area contributed by atoms with Gasteiger partial charge in [0.1, 0.15) is 12.1 Å². The molecule has 0 aliphatic carbocycles. The predicted molar refractivity (Wildman–Crippen MR) is 88.9 cm³/mol. The summed E-state index contributed by atoms with van der Waals surface area (Å²) in [4.78, 5) is 5.34. The van der Waals surface area contributed by atoms with E-state index in [-0.39, 0.29) is 11.4 Å². The maximum absolute atomic E-state index is 12.8. The van der Waals surface area contributed by atoms with Crippen LogP contribution in [-0.2, 0) is 10.0 Å². The summed E-state index contributed by atoms with van der Waals surface area (Å²) < 4.78 is 116. The zero-order chi connectivity index (χ0) is 22.6. The Balaban J connectivity index is 2.51. The third kappa shape index (κ3) is 6.53. The molecule has 1 heterocycles. The van der Waals surface area contributed by atoms with Crippen molar-refractivity contribution in [1.29, 1.82) is 0 Å². The molecule has 0 amide bonds. The average molecular weight is 461 g/mol. The number of halogens is 6. The smallest absolute Gasteiger partial charge is 0.422 e. The fourth-order valence-corrected chi connectivity index (χ4v) is 3.25. The summed E-state index contributed by atoms with van der Waals surface area (Å²) >= 11 is 0. The monoisotopic (exact) mass is 461 g/mol. The van der Waals surface area contributed by atoms with Crippen LogP contribution in [0.3, 0.4) is 0 Å². The topological polar surface area (TPSA) is 99.6 Å². The lowest BCUT2D eigenvalue weighted by Gasteiger charge is -2.17. The van der Waals surface area contributed by atoms with Crippen LogP contribution in [0.1, 0.15) is 0 Å². The molecule has 0 aliphatic heterocycles. The second-order valence-electron chi connectivity index (χ2n) is 5.43. The van der Waals surface area contributed by atoms with Crippen molar-refractivity contribution < 1.29 is 49.0 Å². The molecule has 0 fully saturated rings. The molecule has 0 unspecified atom stereocenters. The number of hydrogen-bond acceptors (Lipinski definition) is 7. The van der Waals surface area contributed by atoms with E-state index in [4.69, 9.17) is 4.74 Å². The Kier molecular flexibility index (Phi) is 6.84. The van der Waals surface area contributed by atoms with Crippen LogP contribution >= 0.6 is 0 Å². The van der Waals surface area contributed by atoms with E-state index in [1.807, 2.05) is 4.72 Å². The van der Waals surface area contributed by atoms with Crippen LogP contribution in [0.5, 0.6) is 17.5 Å². The molecule has 0 aliphatic rings. The normalized spacial score (nSPS) is 12.4. The van der Waals surface area contributed by atoms with Crippen molar-refractivity contribution in [1.82, 2.24) is 9.97 Å². The minimum atomic E-state index is -4.88. The molecule has 8 nitrogen and oxygen atoms in total. The van der Waals surface area contributed by atoms with Crippen LogP contribution < -0.4 is 18.9 Å². The van der Waals surface area contributed by atoms with Gasteiger partial charge in [0.2, 0.25) is 16.7 Å². The van der Waals surface area contributed by atoms with Gasteiger partial charge in [0, 0.05) is 0 Å². The molecule has 2 rings (SSSR count). The highest BCUT2D eigenvalue weighted by Crippen LogP contribution is 2.34. The number of nitrogens with one attached hydrogen (secondary N) is 1. The van der Waals surface area contributed by atoms with Gasteiger partial charge in [-0.15, -0.1) is 0 Å². The first-order valence-corrected chi connectivity index (χ1v) is 9.20. The van der Waals surface area contributed by atoms with Crippen molar-refractivity contribution in [2.45, 2.75) is 17.2 Å². The lowest BCUT2D eigenvalue weighted by molar-refractivity contribution is -0.155. The van der Waals surface area contributed by atoms with Gasteiger partial charge in [0.05, 0.1) is 12.8 Å². The number of sulfonamides is 1. The molecule has 2 aromatic rings. The average Bonchev–Trinajstić information content (AvgIpc) is 2.63. The molecule has 1 aromatic heterocycles. The molecular formula is C15H13F6N3O5S. The van der Waals surface area contributed by atoms with Gasteiger partial charge in [0.25, 0.3) is 10.0 Å². The molecule has 0 saturated heterocycles. The summed E-state index contributed by atoms with van der Waals surface area (Å²) in [6, 6.07) is 5.51. The number of benzene rings is 1. The Hall–Kier alpha value is -2.97. The van der Waals surface area contributed by atoms with Crippen LogP contribution in [0.4, 0.5) is 32.0 Å². The standard InChI is InChI=1S/C15H13F6N3O5S/c1-27-10-5-3-2-4-9(10)24-30(25,26)11-12(28-6-14(16,17)18)22-8-23-13(11)29-7-15(19,20)21/h2-5,8,24H,6-7H2,1H3. The Morgan fingerprint density at radius 3 is 1.90 bits per heavy atom. The summed E-state index contributed by atoms with van der Waals surface area (Å²) in [5.74, 6) is -2.28. The largest absolute Gasteiger partial charge is 0.495 e. The first-order chi connectivity index (χ1) is 13.8. The van der Waals surface area contributed by atoms with Gasteiger partial charge in [-0.1, -0.05) is 12.1 Å². The second kappa shape index (κ2) is 8.81. The van der Waals surface area contributed by atoms with Crippen molar-refractivity contribution in [2.75, 3.05) is 25.0 Å². The van der Waals surface area contributed by atoms with Gasteiger partial charge < -0.3 is 14.2 Å². The number of aromatic nitrogens is 2. The number of methoxy groups -OCH3 is 1. The van der Waals surface area contributed by atoms with Crippen molar-refractivity contribution in [2.24, 2.45) is 0 Å². The van der Waals surface area contributed by atoms with Gasteiger partial charge in [-0.25, -0.2) is 18.4 Å². The van der Waals surface area contributed by atoms with Crippen LogP contribution in [0, 0.1) is 0 Å². The van der Waals surface area contributed by atoms with E-state index >= 15 is 0 Å². The fraction of sp³-hybridized carbons (Fsp3) is 0.333. The highest BCUT2D eigenvalue weighted by molar-refractivity contribution is 7.93. The minimum Gasteiger partial charge on any atom is -0.495 e. The van der Waals surface area contributed by atoms with Crippen molar-refractivity contribution in [3.05, 3.63) is 30.6 Å². The van der Waals surface area contributed by atoms with E-state index in [0.29, 0.717) is 6.33 Å². The SMILES string of the molecule is COc1ccccc1NS(=O)(=O)c1c(OCC(F)(F)F)ncnc1OCC(F)(F)F. The molecule has 166 valence electrons. The van der Waals surface area contributed by atoms with Crippen LogP contribution in [0.2, 0.25) is 0 Å². The molecule has 0 bridgehead atoms. The highest BCUT2D eigenvalue weighted by atomic mass is 32.2. The first kappa shape index (κ1) is 23.3. The molecule has 15 heteroatoms. The van der Waals surface area contributed by atoms with Gasteiger partial charge in [-0.2, -0.15) is 26.3 Å². The second-order valence-corrected chi connectivity index (χ2v) is 7.05. The maximum Gasteiger partial charge on any atom is 0.422 e. The number of ether oxygens (including phenoxy) is 3. The van der Waals surface area contributed by atoms with E-state index in [9.17, 15) is 34.8 Å². The van der Waals surface area contributed by atoms with Gasteiger partial charge in [0.15, 0.2) is 13.2 Å². The molecule has 0 saturated carbocycles. The number of rotatable bonds is 8. The maximum atomic E-state index is 12.8. The molecular weight excluding hydrogens is 448 g/mol. The van der Waals surface area contributed by atoms with Crippen LogP contribution in [0.25, 0.3) is 0 Å². The Morgan fingerprint density at radius 2 is 1.43 bits per heavy atom. The van der Waals surface area contributed by atoms with Crippen LogP contribution in [-0.4, -0.2) is 51.1 Å². The third-order valence-corrected chi connectivity index (χ3v) is 4.48. The van der Waals surface area contributed by atoms with E-state index < -0.39 is 52.2 Å². The highest BCUT2D eigenvalue weighted by Gasteiger charge is 2.35. The molecule has 0 spiro atoms. The minimum absolute atomic E-state index is 0.0217. The third-order valence-electron chi connectivity index (χ3n) is 3.10. The van der Waals surface area contributed by atoms with E-state index in [0.717, 1.165) is 0 Å². The Labute approximate surface area is 165 Å². The summed E-state index contributed by atoms with van der Waals surface area (Å²) in [6.07, 6.45) is -9.26. The zero-order valence-corrected chi connectivity index (χ0v) is 15.7. The number of alkyl halides is 6. The fourth-order valence-electron chi connectivity index (χ4n) is 2.00. The number of hydrogen-bond donors (Lipinski definition) is 1. The van der Waals surface area contributed by atoms with E-state index in [2.05, 4.69) is 19.4 Å². The van der Waals surface area contributed by atoms with Crippen molar-refractivity contribution in [3.8, 4) is 17.5 Å². The first-order valence-electron chi connectivity index (χ1n) is 7.72. The summed E-state index contributed by atoms with van der Waals surface area (Å²) in [6.45, 7) is -3.92. The van der Waals surface area contributed by atoms with Gasteiger partial charge in [-0.3, -0.25) is 4.72 Å². The Bertz CT molecular complexity index is 945. The summed E-state index contributed by atoms with van der Waals surface area (Å²) in [7, 11) is -3.67. The number of anilines is 1. The summed E-state index contributed by atoms with van der Waals surface area (Å²) in [5, 5.41) is 0. The lowest BCUT2D eigenvalue weighted by Crippen LogP contribution is -2.24. The van der Waals surface area contributed by atoms with Crippen molar-refractivity contribution >= 4 is 15.7 Å². The van der Waals surface area contributed by atoms with Gasteiger partial charge >= 0.3 is 12.4 Å². The summed E-state index contributed by atoms with van der Waals surface area (Å²) in [5.41, 5.74) is -0.160. The number of nitrogens with zero attached hydrogens (tertiary/aromatic N) is 2. The number of para-hydroxylation sites is 2. The van der Waals surface area contributed by atoms with Crippen LogP contribution in [0.15, 0.2) is 35.5 Å². The zero-order valence-electron chi connectivity index (χ0n) is 14.9. The lowest BCUT2D eigenvalue weighted by atomic mass is 10.3. The van der Waals surface area contributed by atoms with Gasteiger partial charge in [-0.05, 0) is 12.1 Å². The molecule has 0 radical (unpaired) electrons. The van der Waals surface area contributed by atoms with E-state index in [1.54, 1.807) is 0 Å². The predicted octanol–water partition coefficient (Wildman–Crippen LogP) is 3.17. The molecule has 0 atom stereocenters. The van der Waals surface area contributed by atoms with Crippen molar-refractivity contribution in [3.63, 3.8) is 0 Å². The quantitative estimate of drug-likeness (QED) is 0.603.